The van der Waals surface area contributed by atoms with Gasteiger partial charge in [0.15, 0.2) is 9.34 Å². The van der Waals surface area contributed by atoms with E-state index in [-0.39, 0.29) is 0 Å². The van der Waals surface area contributed by atoms with E-state index in [0.29, 0.717) is 28.2 Å². The lowest BCUT2D eigenvalue weighted by atomic mass is 10.6. The van der Waals surface area contributed by atoms with Crippen molar-refractivity contribution in [1.82, 2.24) is 9.29 Å². The van der Waals surface area contributed by atoms with E-state index in [4.69, 9.17) is 4.74 Å². The molecule has 0 aromatic carbocycles. The van der Waals surface area contributed by atoms with E-state index in [1.54, 1.807) is 26.0 Å². The van der Waals surface area contributed by atoms with Gasteiger partial charge in [0, 0.05) is 34.8 Å². The number of ether oxygens (including phenoxy) is 1. The average molecular weight is 293 g/mol. The number of nitrogens with zero attached hydrogens (tertiary/aromatic N) is 3. The van der Waals surface area contributed by atoms with E-state index < -0.39 is 10.0 Å². The highest BCUT2D eigenvalue weighted by molar-refractivity contribution is 7.91. The number of aromatic nitrogens is 1. The van der Waals surface area contributed by atoms with Crippen molar-refractivity contribution in [2.24, 2.45) is 0 Å². The molecule has 0 aliphatic carbocycles. The summed E-state index contributed by atoms with van der Waals surface area (Å²) in [4.78, 5) is 6.04. The maximum Gasteiger partial charge on any atom is 0.254 e. The molecule has 1 heterocycles. The topological polar surface area (TPSA) is 62.7 Å². The molecule has 0 saturated heterocycles. The molecule has 0 aliphatic rings. The molecule has 8 heteroatoms. The highest BCUT2D eigenvalue weighted by Gasteiger charge is 2.26. The zero-order valence-electron chi connectivity index (χ0n) is 11.3. The van der Waals surface area contributed by atoms with Crippen molar-refractivity contribution < 1.29 is 13.2 Å². The van der Waals surface area contributed by atoms with E-state index in [1.165, 1.54) is 15.6 Å². The minimum Gasteiger partial charge on any atom is -0.383 e. The maximum absolute atomic E-state index is 12.3. The van der Waals surface area contributed by atoms with Gasteiger partial charge >= 0.3 is 0 Å². The summed E-state index contributed by atoms with van der Waals surface area (Å²) in [6.45, 7) is 2.40. The smallest absolute Gasteiger partial charge is 0.254 e. The second-order valence-corrected chi connectivity index (χ2v) is 7.30. The van der Waals surface area contributed by atoms with E-state index in [9.17, 15) is 8.42 Å². The Morgan fingerprint density at radius 2 is 1.94 bits per heavy atom. The summed E-state index contributed by atoms with van der Waals surface area (Å²) in [6, 6.07) is 0. The van der Waals surface area contributed by atoms with Crippen LogP contribution in [-0.2, 0) is 14.8 Å². The molecule has 0 fully saturated rings. The molecule has 18 heavy (non-hydrogen) atoms. The van der Waals surface area contributed by atoms with Crippen LogP contribution in [0.3, 0.4) is 0 Å². The van der Waals surface area contributed by atoms with E-state index >= 15 is 0 Å². The molecule has 104 valence electrons. The Kier molecular flexibility index (Phi) is 5.09. The van der Waals surface area contributed by atoms with Crippen LogP contribution in [0.5, 0.6) is 0 Å². The monoisotopic (exact) mass is 293 g/mol. The Morgan fingerprint density at radius 3 is 2.39 bits per heavy atom. The lowest BCUT2D eigenvalue weighted by molar-refractivity contribution is 0.185. The van der Waals surface area contributed by atoms with Crippen LogP contribution in [0.4, 0.5) is 5.13 Å². The fourth-order valence-corrected chi connectivity index (χ4v) is 4.05. The van der Waals surface area contributed by atoms with Crippen molar-refractivity contribution in [3.05, 3.63) is 5.69 Å². The molecular formula is C10H19N3O3S2. The predicted molar refractivity (Wildman–Crippen MR) is 72.9 cm³/mol. The number of rotatable bonds is 6. The first-order valence-corrected chi connectivity index (χ1v) is 7.66. The third-order valence-electron chi connectivity index (χ3n) is 2.38. The third kappa shape index (κ3) is 3.19. The maximum atomic E-state index is 12.3. The second-order valence-electron chi connectivity index (χ2n) is 4.08. The van der Waals surface area contributed by atoms with Crippen LogP contribution < -0.4 is 4.90 Å². The first kappa shape index (κ1) is 15.4. The zero-order chi connectivity index (χ0) is 13.9. The predicted octanol–water partition coefficient (Wildman–Crippen LogP) is 0.784. The largest absolute Gasteiger partial charge is 0.383 e. The van der Waals surface area contributed by atoms with Gasteiger partial charge in [-0.2, -0.15) is 4.31 Å². The van der Waals surface area contributed by atoms with Crippen molar-refractivity contribution in [3.8, 4) is 0 Å². The number of anilines is 1. The first-order valence-electron chi connectivity index (χ1n) is 5.40. The van der Waals surface area contributed by atoms with Crippen molar-refractivity contribution >= 4 is 26.5 Å². The van der Waals surface area contributed by atoms with Crippen LogP contribution in [-0.4, -0.2) is 59.1 Å². The van der Waals surface area contributed by atoms with Crippen LogP contribution in [0.25, 0.3) is 0 Å². The minimum absolute atomic E-state index is 0.296. The first-order chi connectivity index (χ1) is 8.30. The molecule has 0 aliphatic heterocycles. The summed E-state index contributed by atoms with van der Waals surface area (Å²) in [5.41, 5.74) is 0.535. The van der Waals surface area contributed by atoms with Crippen molar-refractivity contribution in [1.29, 1.82) is 0 Å². The van der Waals surface area contributed by atoms with Gasteiger partial charge in [0.25, 0.3) is 10.0 Å². The quantitative estimate of drug-likeness (QED) is 0.776. The molecule has 0 unspecified atom stereocenters. The fourth-order valence-electron chi connectivity index (χ4n) is 1.28. The highest BCUT2D eigenvalue weighted by atomic mass is 32.2. The van der Waals surface area contributed by atoms with Crippen molar-refractivity contribution in [3.63, 3.8) is 0 Å². The Hall–Kier alpha value is -0.700. The number of hydrogen-bond acceptors (Lipinski definition) is 6. The van der Waals surface area contributed by atoms with Gasteiger partial charge in [0.05, 0.1) is 12.3 Å². The Labute approximate surface area is 112 Å². The standard InChI is InChI=1S/C10H19N3O3S2/c1-8-9(17-10(11-8)12(2)3)18(14,15)13(4)6-7-16-5/h6-7H2,1-5H3. The molecule has 0 saturated carbocycles. The summed E-state index contributed by atoms with van der Waals surface area (Å²) in [6.07, 6.45) is 0. The summed E-state index contributed by atoms with van der Waals surface area (Å²) in [5, 5.41) is 0.686. The van der Waals surface area contributed by atoms with Crippen molar-refractivity contribution in [2.45, 2.75) is 11.1 Å². The minimum atomic E-state index is -3.47. The Bertz CT molecular complexity index is 496. The summed E-state index contributed by atoms with van der Waals surface area (Å²) in [5.74, 6) is 0. The summed E-state index contributed by atoms with van der Waals surface area (Å²) >= 11 is 1.18. The van der Waals surface area contributed by atoms with Gasteiger partial charge < -0.3 is 9.64 Å². The Morgan fingerprint density at radius 1 is 1.33 bits per heavy atom. The Balaban J connectivity index is 3.04. The van der Waals surface area contributed by atoms with Gasteiger partial charge in [0.1, 0.15) is 0 Å². The molecule has 0 spiro atoms. The summed E-state index contributed by atoms with van der Waals surface area (Å²) < 4.78 is 31.1. The molecular weight excluding hydrogens is 274 g/mol. The van der Waals surface area contributed by atoms with Gasteiger partial charge in [-0.15, -0.1) is 0 Å². The van der Waals surface area contributed by atoms with Gasteiger partial charge in [-0.3, -0.25) is 0 Å². The fraction of sp³-hybridized carbons (Fsp3) is 0.700. The average Bonchev–Trinajstić information content (AvgIpc) is 2.68. The van der Waals surface area contributed by atoms with Crippen molar-refractivity contribution in [2.75, 3.05) is 46.3 Å². The lowest BCUT2D eigenvalue weighted by Gasteiger charge is -2.15. The van der Waals surface area contributed by atoms with E-state index in [1.807, 2.05) is 14.1 Å². The number of hydrogen-bond donors (Lipinski definition) is 0. The van der Waals surface area contributed by atoms with Crippen LogP contribution in [0.2, 0.25) is 0 Å². The van der Waals surface area contributed by atoms with Gasteiger partial charge in [-0.05, 0) is 6.92 Å². The second kappa shape index (κ2) is 5.96. The number of sulfonamides is 1. The third-order valence-corrected chi connectivity index (χ3v) is 6.15. The normalized spacial score (nSPS) is 12.1. The molecule has 6 nitrogen and oxygen atoms in total. The van der Waals surface area contributed by atoms with Crippen LogP contribution >= 0.6 is 11.3 Å². The highest BCUT2D eigenvalue weighted by Crippen LogP contribution is 2.30. The van der Waals surface area contributed by atoms with Crippen LogP contribution in [0, 0.1) is 6.92 Å². The molecule has 1 aromatic heterocycles. The molecule has 0 bridgehead atoms. The molecule has 0 amide bonds. The summed E-state index contributed by atoms with van der Waals surface area (Å²) in [7, 11) is 3.29. The number of thiazole rings is 1. The number of methoxy groups -OCH3 is 1. The van der Waals surface area contributed by atoms with Crippen LogP contribution in [0.1, 0.15) is 5.69 Å². The molecule has 0 atom stereocenters. The number of likely N-dealkylation sites (N-methyl/N-ethyl adjacent to an activating group) is 1. The molecule has 0 N–H and O–H groups in total. The van der Waals surface area contributed by atoms with Gasteiger partial charge in [0.2, 0.25) is 0 Å². The SMILES string of the molecule is COCCN(C)S(=O)(=O)c1sc(N(C)C)nc1C. The molecule has 1 rings (SSSR count). The zero-order valence-corrected chi connectivity index (χ0v) is 12.9. The number of aryl methyl sites for hydroxylation is 1. The molecule has 0 radical (unpaired) electrons. The van der Waals surface area contributed by atoms with E-state index in [2.05, 4.69) is 4.98 Å². The molecule has 1 aromatic rings. The van der Waals surface area contributed by atoms with E-state index in [0.717, 1.165) is 0 Å². The van der Waals surface area contributed by atoms with Crippen LogP contribution in [0.15, 0.2) is 4.21 Å². The van der Waals surface area contributed by atoms with Gasteiger partial charge in [-0.1, -0.05) is 11.3 Å². The lowest BCUT2D eigenvalue weighted by Crippen LogP contribution is -2.30. The van der Waals surface area contributed by atoms with Gasteiger partial charge in [-0.25, -0.2) is 13.4 Å².